The SMILES string of the molecule is CCCNC(=O)C(C)N(Cc1ccccc1Cl)C(=O)CN(c1ccc(F)cc1)S(=O)(=O)c1ccc(OCC)cc1. The number of nitrogens with one attached hydrogen (secondary N) is 1. The number of sulfonamides is 1. The van der Waals surface area contributed by atoms with Gasteiger partial charge in [0.25, 0.3) is 10.0 Å². The van der Waals surface area contributed by atoms with Crippen LogP contribution in [0.1, 0.15) is 32.8 Å². The van der Waals surface area contributed by atoms with Gasteiger partial charge in [-0.15, -0.1) is 0 Å². The van der Waals surface area contributed by atoms with E-state index in [0.717, 1.165) is 16.4 Å². The summed E-state index contributed by atoms with van der Waals surface area (Å²) >= 11 is 6.35. The Morgan fingerprint density at radius 2 is 1.65 bits per heavy atom. The van der Waals surface area contributed by atoms with Crippen molar-refractivity contribution in [3.63, 3.8) is 0 Å². The molecule has 0 bridgehead atoms. The van der Waals surface area contributed by atoms with Crippen molar-refractivity contribution in [2.45, 2.75) is 44.7 Å². The van der Waals surface area contributed by atoms with Crippen LogP contribution in [0.5, 0.6) is 5.75 Å². The Bertz CT molecular complexity index is 1400. The van der Waals surface area contributed by atoms with Gasteiger partial charge in [0.05, 0.1) is 17.2 Å². The lowest BCUT2D eigenvalue weighted by Crippen LogP contribution is -2.51. The number of anilines is 1. The summed E-state index contributed by atoms with van der Waals surface area (Å²) in [6, 6.07) is 16.6. The molecule has 1 unspecified atom stereocenters. The summed E-state index contributed by atoms with van der Waals surface area (Å²) in [4.78, 5) is 27.9. The van der Waals surface area contributed by atoms with Crippen LogP contribution in [0.2, 0.25) is 5.02 Å². The van der Waals surface area contributed by atoms with Gasteiger partial charge in [-0.3, -0.25) is 13.9 Å². The van der Waals surface area contributed by atoms with Gasteiger partial charge in [0.2, 0.25) is 11.8 Å². The zero-order valence-electron chi connectivity index (χ0n) is 22.6. The highest BCUT2D eigenvalue weighted by atomic mass is 35.5. The number of carbonyl (C=O) groups excluding carboxylic acids is 2. The van der Waals surface area contributed by atoms with E-state index in [1.165, 1.54) is 41.3 Å². The highest BCUT2D eigenvalue weighted by Crippen LogP contribution is 2.27. The lowest BCUT2D eigenvalue weighted by molar-refractivity contribution is -0.139. The van der Waals surface area contributed by atoms with Crippen molar-refractivity contribution < 1.29 is 27.1 Å². The average Bonchev–Trinajstić information content (AvgIpc) is 2.94. The van der Waals surface area contributed by atoms with Crippen molar-refractivity contribution >= 4 is 39.1 Å². The number of hydrogen-bond donors (Lipinski definition) is 1. The predicted molar refractivity (Wildman–Crippen MR) is 153 cm³/mol. The number of halogens is 2. The number of rotatable bonds is 13. The third-order valence-electron chi connectivity index (χ3n) is 6.13. The Morgan fingerprint density at radius 3 is 2.25 bits per heavy atom. The number of carbonyl (C=O) groups is 2. The molecule has 0 aliphatic carbocycles. The molecule has 0 radical (unpaired) electrons. The van der Waals surface area contributed by atoms with Gasteiger partial charge in [-0.05, 0) is 80.4 Å². The third kappa shape index (κ3) is 7.73. The third-order valence-corrected chi connectivity index (χ3v) is 8.29. The molecule has 0 aliphatic heterocycles. The van der Waals surface area contributed by atoms with Gasteiger partial charge in [0, 0.05) is 18.1 Å². The Kier molecular flexibility index (Phi) is 10.9. The Hall–Kier alpha value is -3.63. The molecular formula is C29H33ClFN3O5S. The Morgan fingerprint density at radius 1 is 1.00 bits per heavy atom. The van der Waals surface area contributed by atoms with Crippen LogP contribution in [0.3, 0.4) is 0 Å². The van der Waals surface area contributed by atoms with Gasteiger partial charge in [-0.1, -0.05) is 36.7 Å². The van der Waals surface area contributed by atoms with E-state index in [1.54, 1.807) is 31.2 Å². The first kappa shape index (κ1) is 30.9. The molecule has 0 aromatic heterocycles. The standard InChI is InChI=1S/C29H33ClFN3O5S/c1-4-18-32-29(36)21(3)33(19-22-8-6-7-9-27(22)30)28(35)20-34(24-12-10-23(31)11-13-24)40(37,38)26-16-14-25(15-17-26)39-5-2/h6-17,21H,4-5,18-20H2,1-3H3,(H,32,36). The van der Waals surface area contributed by atoms with Gasteiger partial charge in [0.1, 0.15) is 24.2 Å². The van der Waals surface area contributed by atoms with Gasteiger partial charge >= 0.3 is 0 Å². The van der Waals surface area contributed by atoms with Crippen molar-refractivity contribution in [1.82, 2.24) is 10.2 Å². The van der Waals surface area contributed by atoms with E-state index in [-0.39, 0.29) is 23.0 Å². The average molecular weight is 590 g/mol. The molecule has 3 aromatic rings. The van der Waals surface area contributed by atoms with Crippen molar-refractivity contribution in [3.8, 4) is 5.75 Å². The number of amides is 2. The summed E-state index contributed by atoms with van der Waals surface area (Å²) in [5.41, 5.74) is 0.680. The number of ether oxygens (including phenoxy) is 1. The number of hydrogen-bond acceptors (Lipinski definition) is 5. The van der Waals surface area contributed by atoms with Crippen LogP contribution < -0.4 is 14.4 Å². The quantitative estimate of drug-likeness (QED) is 0.302. The van der Waals surface area contributed by atoms with E-state index in [1.807, 2.05) is 13.8 Å². The van der Waals surface area contributed by atoms with E-state index in [4.69, 9.17) is 16.3 Å². The molecule has 8 nitrogen and oxygen atoms in total. The first-order valence-electron chi connectivity index (χ1n) is 12.9. The Balaban J connectivity index is 2.01. The van der Waals surface area contributed by atoms with Crippen LogP contribution in [0.4, 0.5) is 10.1 Å². The minimum atomic E-state index is -4.29. The van der Waals surface area contributed by atoms with Gasteiger partial charge in [-0.25, -0.2) is 12.8 Å². The van der Waals surface area contributed by atoms with Crippen molar-refractivity contribution in [1.29, 1.82) is 0 Å². The van der Waals surface area contributed by atoms with E-state index < -0.39 is 34.3 Å². The van der Waals surface area contributed by atoms with E-state index >= 15 is 0 Å². The molecular weight excluding hydrogens is 557 g/mol. The summed E-state index contributed by atoms with van der Waals surface area (Å²) < 4.78 is 47.7. The van der Waals surface area contributed by atoms with E-state index in [0.29, 0.717) is 35.9 Å². The molecule has 1 N–H and O–H groups in total. The molecule has 40 heavy (non-hydrogen) atoms. The van der Waals surface area contributed by atoms with Crippen LogP contribution in [0, 0.1) is 5.82 Å². The molecule has 11 heteroatoms. The van der Waals surface area contributed by atoms with Crippen LogP contribution >= 0.6 is 11.6 Å². The van der Waals surface area contributed by atoms with Crippen LogP contribution in [-0.2, 0) is 26.2 Å². The molecule has 0 aliphatic rings. The second-order valence-electron chi connectivity index (χ2n) is 8.97. The van der Waals surface area contributed by atoms with Crippen LogP contribution in [-0.4, -0.2) is 50.9 Å². The van der Waals surface area contributed by atoms with Gasteiger partial charge in [-0.2, -0.15) is 0 Å². The number of nitrogens with zero attached hydrogens (tertiary/aromatic N) is 2. The summed E-state index contributed by atoms with van der Waals surface area (Å²) in [7, 11) is -4.29. The zero-order valence-corrected chi connectivity index (χ0v) is 24.2. The maximum atomic E-state index is 13.8. The zero-order chi connectivity index (χ0) is 29.3. The molecule has 0 fully saturated rings. The molecule has 3 rings (SSSR count). The molecule has 3 aromatic carbocycles. The molecule has 0 saturated carbocycles. The minimum absolute atomic E-state index is 0.0282. The summed E-state index contributed by atoms with van der Waals surface area (Å²) in [5.74, 6) is -1.10. The van der Waals surface area contributed by atoms with E-state index in [9.17, 15) is 22.4 Å². The summed E-state index contributed by atoms with van der Waals surface area (Å²) in [6.07, 6.45) is 0.704. The first-order chi connectivity index (χ1) is 19.1. The molecule has 0 saturated heterocycles. The van der Waals surface area contributed by atoms with Gasteiger partial charge < -0.3 is 15.0 Å². The fraction of sp³-hybridized carbons (Fsp3) is 0.310. The van der Waals surface area contributed by atoms with Crippen molar-refractivity contribution in [3.05, 3.63) is 89.2 Å². The van der Waals surface area contributed by atoms with Crippen LogP contribution in [0.15, 0.2) is 77.7 Å². The maximum Gasteiger partial charge on any atom is 0.264 e. The largest absolute Gasteiger partial charge is 0.494 e. The highest BCUT2D eigenvalue weighted by Gasteiger charge is 2.32. The molecule has 0 spiro atoms. The monoisotopic (exact) mass is 589 g/mol. The number of benzene rings is 3. The normalized spacial score (nSPS) is 11.9. The van der Waals surface area contributed by atoms with Crippen molar-refractivity contribution in [2.75, 3.05) is 24.0 Å². The topological polar surface area (TPSA) is 96.0 Å². The van der Waals surface area contributed by atoms with E-state index in [2.05, 4.69) is 5.32 Å². The molecule has 1 atom stereocenters. The second kappa shape index (κ2) is 14.1. The Labute approximate surface area is 239 Å². The smallest absolute Gasteiger partial charge is 0.264 e. The molecule has 0 heterocycles. The van der Waals surface area contributed by atoms with Gasteiger partial charge in [0.15, 0.2) is 0 Å². The minimum Gasteiger partial charge on any atom is -0.494 e. The molecule has 214 valence electrons. The first-order valence-corrected chi connectivity index (χ1v) is 14.7. The highest BCUT2D eigenvalue weighted by molar-refractivity contribution is 7.92. The lowest BCUT2D eigenvalue weighted by atomic mass is 10.1. The van der Waals surface area contributed by atoms with Crippen LogP contribution in [0.25, 0.3) is 0 Å². The van der Waals surface area contributed by atoms with Crippen molar-refractivity contribution in [2.24, 2.45) is 0 Å². The predicted octanol–water partition coefficient (Wildman–Crippen LogP) is 5.02. The second-order valence-corrected chi connectivity index (χ2v) is 11.2. The summed E-state index contributed by atoms with van der Waals surface area (Å²) in [6.45, 7) is 5.45. The lowest BCUT2D eigenvalue weighted by Gasteiger charge is -2.32. The molecule has 2 amide bonds. The summed E-state index contributed by atoms with van der Waals surface area (Å²) in [5, 5.41) is 3.18. The maximum absolute atomic E-state index is 13.8. The fourth-order valence-corrected chi connectivity index (χ4v) is 5.54. The fourth-order valence-electron chi connectivity index (χ4n) is 3.93.